The van der Waals surface area contributed by atoms with Crippen molar-refractivity contribution in [1.29, 1.82) is 0 Å². The highest BCUT2D eigenvalue weighted by Gasteiger charge is 2.06. The molecule has 1 aromatic heterocycles. The Morgan fingerprint density at radius 1 is 1.64 bits per heavy atom. The molecule has 5 heteroatoms. The van der Waals surface area contributed by atoms with E-state index in [-0.39, 0.29) is 13.2 Å². The average Bonchev–Trinajstić information content (AvgIpc) is 2.20. The molecular weight excluding hydrogens is 248 g/mol. The van der Waals surface area contributed by atoms with E-state index in [1.54, 1.807) is 6.20 Å². The lowest BCUT2D eigenvalue weighted by Gasteiger charge is -2.11. The zero-order valence-electron chi connectivity index (χ0n) is 7.87. The van der Waals surface area contributed by atoms with Gasteiger partial charge in [-0.2, -0.15) is 0 Å². The van der Waals surface area contributed by atoms with Gasteiger partial charge in [0.1, 0.15) is 5.82 Å². The number of hydrogen-bond donors (Lipinski definition) is 3. The number of aliphatic hydroxyl groups excluding tert-OH is 2. The van der Waals surface area contributed by atoms with Crippen LogP contribution in [-0.4, -0.2) is 34.5 Å². The van der Waals surface area contributed by atoms with Gasteiger partial charge in [0.2, 0.25) is 0 Å². The predicted molar refractivity (Wildman–Crippen MR) is 58.3 cm³/mol. The van der Waals surface area contributed by atoms with E-state index in [0.29, 0.717) is 5.82 Å². The van der Waals surface area contributed by atoms with Crippen LogP contribution in [0.1, 0.15) is 5.56 Å². The average molecular weight is 261 g/mol. The maximum absolute atomic E-state index is 9.12. The Bertz CT molecular complexity index is 307. The number of aliphatic hydroxyl groups is 2. The lowest BCUT2D eigenvalue weighted by molar-refractivity contribution is 0.105. The van der Waals surface area contributed by atoms with Crippen LogP contribution in [0.15, 0.2) is 16.7 Å². The molecule has 0 aliphatic heterocycles. The molecule has 0 spiro atoms. The first-order valence-electron chi connectivity index (χ1n) is 4.29. The van der Waals surface area contributed by atoms with Crippen LogP contribution in [0.2, 0.25) is 0 Å². The van der Waals surface area contributed by atoms with Crippen LogP contribution in [-0.2, 0) is 0 Å². The van der Waals surface area contributed by atoms with Gasteiger partial charge in [0.25, 0.3) is 0 Å². The number of rotatable bonds is 4. The Balaban J connectivity index is 2.63. The van der Waals surface area contributed by atoms with Gasteiger partial charge in [-0.3, -0.25) is 0 Å². The lowest BCUT2D eigenvalue weighted by Crippen LogP contribution is -2.23. The van der Waals surface area contributed by atoms with E-state index in [0.717, 1.165) is 10.0 Å². The molecule has 1 aromatic rings. The first-order valence-corrected chi connectivity index (χ1v) is 5.08. The number of hydrogen-bond acceptors (Lipinski definition) is 4. The first kappa shape index (κ1) is 11.4. The smallest absolute Gasteiger partial charge is 0.140 e. The molecule has 0 aliphatic carbocycles. The van der Waals surface area contributed by atoms with Gasteiger partial charge in [0, 0.05) is 12.7 Å². The molecule has 14 heavy (non-hydrogen) atoms. The molecule has 1 atom stereocenters. The quantitative estimate of drug-likeness (QED) is 0.754. The number of pyridine rings is 1. The summed E-state index contributed by atoms with van der Waals surface area (Å²) >= 11 is 3.38. The van der Waals surface area contributed by atoms with Crippen molar-refractivity contribution in [2.45, 2.75) is 13.0 Å². The van der Waals surface area contributed by atoms with E-state index >= 15 is 0 Å². The summed E-state index contributed by atoms with van der Waals surface area (Å²) in [5.41, 5.74) is 1.07. The second-order valence-electron chi connectivity index (χ2n) is 3.01. The van der Waals surface area contributed by atoms with Crippen molar-refractivity contribution in [1.82, 2.24) is 4.98 Å². The Labute approximate surface area is 91.1 Å². The van der Waals surface area contributed by atoms with Crippen LogP contribution in [0.4, 0.5) is 5.82 Å². The van der Waals surface area contributed by atoms with E-state index in [1.807, 2.05) is 13.0 Å². The summed E-state index contributed by atoms with van der Waals surface area (Å²) in [6.45, 7) is 1.99. The largest absolute Gasteiger partial charge is 0.394 e. The highest BCUT2D eigenvalue weighted by atomic mass is 79.9. The standard InChI is InChI=1S/C9H13BrN2O2/c1-6-2-3-11-9(8(6)10)12-4-7(14)5-13/h2-3,7,13-14H,4-5H2,1H3,(H,11,12). The molecule has 0 aromatic carbocycles. The van der Waals surface area contributed by atoms with E-state index in [9.17, 15) is 0 Å². The van der Waals surface area contributed by atoms with Crippen molar-refractivity contribution in [3.05, 3.63) is 22.3 Å². The van der Waals surface area contributed by atoms with Crippen LogP contribution in [0.25, 0.3) is 0 Å². The van der Waals surface area contributed by atoms with Gasteiger partial charge >= 0.3 is 0 Å². The maximum Gasteiger partial charge on any atom is 0.140 e. The second-order valence-corrected chi connectivity index (χ2v) is 3.80. The van der Waals surface area contributed by atoms with Gasteiger partial charge in [0.15, 0.2) is 0 Å². The van der Waals surface area contributed by atoms with Crippen molar-refractivity contribution < 1.29 is 10.2 Å². The Morgan fingerprint density at radius 3 is 3.00 bits per heavy atom. The molecular formula is C9H13BrN2O2. The van der Waals surface area contributed by atoms with Crippen molar-refractivity contribution in [2.75, 3.05) is 18.5 Å². The zero-order valence-corrected chi connectivity index (χ0v) is 9.45. The number of aryl methyl sites for hydroxylation is 1. The van der Waals surface area contributed by atoms with E-state index in [1.165, 1.54) is 0 Å². The third-order valence-electron chi connectivity index (χ3n) is 1.80. The molecule has 0 aliphatic rings. The summed E-state index contributed by atoms with van der Waals surface area (Å²) in [6.07, 6.45) is 0.928. The number of nitrogens with zero attached hydrogens (tertiary/aromatic N) is 1. The first-order chi connectivity index (χ1) is 6.65. The predicted octanol–water partition coefficient (Wildman–Crippen LogP) is 0.918. The molecule has 0 amide bonds. The molecule has 0 fully saturated rings. The molecule has 1 rings (SSSR count). The van der Waals surface area contributed by atoms with E-state index in [4.69, 9.17) is 10.2 Å². The fourth-order valence-corrected chi connectivity index (χ4v) is 1.32. The molecule has 4 nitrogen and oxygen atoms in total. The monoisotopic (exact) mass is 260 g/mol. The molecule has 0 bridgehead atoms. The van der Waals surface area contributed by atoms with Gasteiger partial charge in [-0.25, -0.2) is 4.98 Å². The summed E-state index contributed by atoms with van der Waals surface area (Å²) in [5.74, 6) is 0.678. The van der Waals surface area contributed by atoms with Crippen molar-refractivity contribution in [3.63, 3.8) is 0 Å². The number of anilines is 1. The Kier molecular flexibility index (Phi) is 4.31. The molecule has 3 N–H and O–H groups in total. The van der Waals surface area contributed by atoms with Gasteiger partial charge in [-0.05, 0) is 34.5 Å². The SMILES string of the molecule is Cc1ccnc(NCC(O)CO)c1Br. The van der Waals surface area contributed by atoms with Gasteiger partial charge < -0.3 is 15.5 Å². The number of aromatic nitrogens is 1. The molecule has 0 saturated carbocycles. The van der Waals surface area contributed by atoms with Gasteiger partial charge in [-0.1, -0.05) is 0 Å². The number of nitrogens with one attached hydrogen (secondary N) is 1. The zero-order chi connectivity index (χ0) is 10.6. The van der Waals surface area contributed by atoms with E-state index in [2.05, 4.69) is 26.2 Å². The van der Waals surface area contributed by atoms with Crippen molar-refractivity contribution >= 4 is 21.7 Å². The Morgan fingerprint density at radius 2 is 2.36 bits per heavy atom. The fourth-order valence-electron chi connectivity index (χ4n) is 0.942. The van der Waals surface area contributed by atoms with Crippen LogP contribution < -0.4 is 5.32 Å². The van der Waals surface area contributed by atoms with Gasteiger partial charge in [0.05, 0.1) is 17.2 Å². The summed E-state index contributed by atoms with van der Waals surface area (Å²) in [6, 6.07) is 1.89. The van der Waals surface area contributed by atoms with Crippen molar-refractivity contribution in [2.24, 2.45) is 0 Å². The molecule has 0 saturated heterocycles. The topological polar surface area (TPSA) is 65.4 Å². The minimum absolute atomic E-state index is 0.254. The summed E-state index contributed by atoms with van der Waals surface area (Å²) < 4.78 is 0.880. The molecule has 78 valence electrons. The van der Waals surface area contributed by atoms with Crippen LogP contribution >= 0.6 is 15.9 Å². The van der Waals surface area contributed by atoms with Crippen LogP contribution in [0, 0.1) is 6.92 Å². The van der Waals surface area contributed by atoms with E-state index < -0.39 is 6.10 Å². The molecule has 0 radical (unpaired) electrons. The maximum atomic E-state index is 9.12. The fraction of sp³-hybridized carbons (Fsp3) is 0.444. The second kappa shape index (κ2) is 5.29. The summed E-state index contributed by atoms with van der Waals surface area (Å²) in [4.78, 5) is 4.09. The normalized spacial score (nSPS) is 12.6. The van der Waals surface area contributed by atoms with Crippen LogP contribution in [0.5, 0.6) is 0 Å². The lowest BCUT2D eigenvalue weighted by atomic mass is 10.3. The van der Waals surface area contributed by atoms with Crippen molar-refractivity contribution in [3.8, 4) is 0 Å². The van der Waals surface area contributed by atoms with Gasteiger partial charge in [-0.15, -0.1) is 0 Å². The summed E-state index contributed by atoms with van der Waals surface area (Å²) in [7, 11) is 0. The summed E-state index contributed by atoms with van der Waals surface area (Å²) in [5, 5.41) is 20.7. The Hall–Kier alpha value is -0.650. The minimum atomic E-state index is -0.760. The van der Waals surface area contributed by atoms with Crippen LogP contribution in [0.3, 0.4) is 0 Å². The molecule has 1 unspecified atom stereocenters. The highest BCUT2D eigenvalue weighted by molar-refractivity contribution is 9.10. The third kappa shape index (κ3) is 2.94. The minimum Gasteiger partial charge on any atom is -0.394 e. The molecule has 1 heterocycles. The number of halogens is 1. The third-order valence-corrected chi connectivity index (χ3v) is 2.80. The highest BCUT2D eigenvalue weighted by Crippen LogP contribution is 2.22.